The molecule has 0 aliphatic heterocycles. The molecule has 3 N–H and O–H groups in total. The van der Waals surface area contributed by atoms with Crippen LogP contribution in [0.5, 0.6) is 0 Å². The molecule has 6 nitrogen and oxygen atoms in total. The molecule has 1 aromatic heterocycles. The number of anilines is 1. The summed E-state index contributed by atoms with van der Waals surface area (Å²) in [6.45, 7) is 1.87. The van der Waals surface area contributed by atoms with Gasteiger partial charge >= 0.3 is 0 Å². The van der Waals surface area contributed by atoms with Gasteiger partial charge in [0, 0.05) is 4.47 Å². The summed E-state index contributed by atoms with van der Waals surface area (Å²) in [5, 5.41) is 9.56. The summed E-state index contributed by atoms with van der Waals surface area (Å²) in [4.78, 5) is 11.8. The van der Waals surface area contributed by atoms with Gasteiger partial charge in [0.2, 0.25) is 11.5 Å². The Labute approximate surface area is 112 Å². The first-order valence-corrected chi connectivity index (χ1v) is 6.01. The molecule has 94 valence electrons. The molecule has 18 heavy (non-hydrogen) atoms. The number of halogens is 1. The number of nitrogen functional groups attached to an aromatic ring is 1. The van der Waals surface area contributed by atoms with Gasteiger partial charge in [0.25, 0.3) is 5.91 Å². The van der Waals surface area contributed by atoms with Crippen molar-refractivity contribution in [3.05, 3.63) is 40.0 Å². The van der Waals surface area contributed by atoms with E-state index in [-0.39, 0.29) is 17.6 Å². The lowest BCUT2D eigenvalue weighted by molar-refractivity contribution is 0.0930. The van der Waals surface area contributed by atoms with Crippen LogP contribution in [0.3, 0.4) is 0 Å². The van der Waals surface area contributed by atoms with E-state index in [2.05, 4.69) is 36.2 Å². The van der Waals surface area contributed by atoms with Gasteiger partial charge in [-0.2, -0.15) is 0 Å². The second kappa shape index (κ2) is 5.18. The molecule has 1 atom stereocenters. The zero-order chi connectivity index (χ0) is 13.1. The highest BCUT2D eigenvalue weighted by molar-refractivity contribution is 9.10. The first-order valence-electron chi connectivity index (χ1n) is 5.22. The maximum atomic E-state index is 11.8. The van der Waals surface area contributed by atoms with Gasteiger partial charge < -0.3 is 11.1 Å². The highest BCUT2D eigenvalue weighted by atomic mass is 79.9. The smallest absolute Gasteiger partial charge is 0.277 e. The molecule has 0 fully saturated rings. The van der Waals surface area contributed by atoms with Crippen LogP contribution in [0.4, 0.5) is 5.82 Å². The molecule has 0 saturated heterocycles. The summed E-state index contributed by atoms with van der Waals surface area (Å²) < 4.78 is 5.36. The molecule has 0 unspecified atom stereocenters. The van der Waals surface area contributed by atoms with E-state index < -0.39 is 5.91 Å². The number of rotatable bonds is 3. The summed E-state index contributed by atoms with van der Waals surface area (Å²) in [5.41, 5.74) is 6.41. The van der Waals surface area contributed by atoms with Crippen LogP contribution >= 0.6 is 15.9 Å². The Morgan fingerprint density at radius 1 is 1.39 bits per heavy atom. The zero-order valence-corrected chi connectivity index (χ0v) is 11.1. The zero-order valence-electron chi connectivity index (χ0n) is 9.55. The first-order chi connectivity index (χ1) is 8.58. The minimum atomic E-state index is -0.413. The number of amides is 1. The quantitative estimate of drug-likeness (QED) is 0.903. The largest absolute Gasteiger partial charge is 0.379 e. The number of hydrogen-bond acceptors (Lipinski definition) is 5. The molecule has 2 aromatic rings. The Morgan fingerprint density at radius 2 is 2.06 bits per heavy atom. The molecule has 1 aromatic carbocycles. The Kier molecular flexibility index (Phi) is 3.61. The highest BCUT2D eigenvalue weighted by Crippen LogP contribution is 2.17. The molecule has 1 heterocycles. The number of nitrogens with two attached hydrogens (primary N) is 1. The number of aromatic nitrogens is 2. The number of carbonyl (C=O) groups is 1. The number of benzene rings is 1. The lowest BCUT2D eigenvalue weighted by Gasteiger charge is -2.13. The van der Waals surface area contributed by atoms with E-state index in [1.807, 2.05) is 31.2 Å². The monoisotopic (exact) mass is 310 g/mol. The molecule has 0 saturated carbocycles. The molecule has 0 bridgehead atoms. The van der Waals surface area contributed by atoms with Gasteiger partial charge in [-0.15, -0.1) is 0 Å². The Bertz CT molecular complexity index is 552. The van der Waals surface area contributed by atoms with E-state index in [0.29, 0.717) is 0 Å². The molecule has 1 amide bonds. The lowest BCUT2D eigenvalue weighted by atomic mass is 10.1. The van der Waals surface area contributed by atoms with Gasteiger partial charge in [-0.05, 0) is 34.9 Å². The molecular formula is C11H11BrN4O2. The fraction of sp³-hybridized carbons (Fsp3) is 0.182. The van der Waals surface area contributed by atoms with Crippen molar-refractivity contribution in [3.63, 3.8) is 0 Å². The van der Waals surface area contributed by atoms with Gasteiger partial charge in [0.15, 0.2) is 0 Å². The molecule has 7 heteroatoms. The standard InChI is InChI=1S/C11H11BrN4O2/c1-6(7-2-4-8(12)5-3-7)14-11(17)9-10(13)16-18-15-9/h2-6H,1H3,(H2,13,16)(H,14,17)/t6-/m0/s1. The van der Waals surface area contributed by atoms with Gasteiger partial charge in [-0.25, -0.2) is 4.63 Å². The molecular weight excluding hydrogens is 300 g/mol. The van der Waals surface area contributed by atoms with Crippen molar-refractivity contribution < 1.29 is 9.42 Å². The normalized spacial score (nSPS) is 12.1. The van der Waals surface area contributed by atoms with Crippen LogP contribution in [-0.2, 0) is 0 Å². The second-order valence-corrected chi connectivity index (χ2v) is 4.66. The Balaban J connectivity index is 2.08. The predicted molar refractivity (Wildman–Crippen MR) is 68.7 cm³/mol. The third kappa shape index (κ3) is 2.67. The van der Waals surface area contributed by atoms with E-state index in [0.717, 1.165) is 10.0 Å². The third-order valence-electron chi connectivity index (χ3n) is 2.45. The SMILES string of the molecule is C[C@H](NC(=O)c1nonc1N)c1ccc(Br)cc1. The second-order valence-electron chi connectivity index (χ2n) is 3.74. The predicted octanol–water partition coefficient (Wildman–Crippen LogP) is 1.91. The number of nitrogens with zero attached hydrogens (tertiary/aromatic N) is 2. The molecule has 0 aliphatic carbocycles. The van der Waals surface area contributed by atoms with Crippen molar-refractivity contribution in [2.24, 2.45) is 0 Å². The van der Waals surface area contributed by atoms with Gasteiger partial charge in [-0.1, -0.05) is 28.1 Å². The molecule has 0 spiro atoms. The lowest BCUT2D eigenvalue weighted by Crippen LogP contribution is -2.27. The average Bonchev–Trinajstić information content (AvgIpc) is 2.76. The van der Waals surface area contributed by atoms with E-state index in [4.69, 9.17) is 5.73 Å². The van der Waals surface area contributed by atoms with Gasteiger partial charge in [-0.3, -0.25) is 4.79 Å². The Morgan fingerprint density at radius 3 is 2.61 bits per heavy atom. The van der Waals surface area contributed by atoms with E-state index >= 15 is 0 Å². The van der Waals surface area contributed by atoms with E-state index in [1.54, 1.807) is 0 Å². The van der Waals surface area contributed by atoms with Gasteiger partial charge in [0.05, 0.1) is 6.04 Å². The summed E-state index contributed by atoms with van der Waals surface area (Å²) in [6.07, 6.45) is 0. The maximum Gasteiger partial charge on any atom is 0.277 e. The topological polar surface area (TPSA) is 94.0 Å². The van der Waals surface area contributed by atoms with Crippen LogP contribution in [0.2, 0.25) is 0 Å². The van der Waals surface area contributed by atoms with Crippen molar-refractivity contribution in [2.45, 2.75) is 13.0 Å². The minimum Gasteiger partial charge on any atom is -0.379 e. The van der Waals surface area contributed by atoms with Crippen molar-refractivity contribution in [2.75, 3.05) is 5.73 Å². The summed E-state index contributed by atoms with van der Waals surface area (Å²) >= 11 is 3.35. The summed E-state index contributed by atoms with van der Waals surface area (Å²) in [6, 6.07) is 7.48. The molecule has 2 rings (SSSR count). The average molecular weight is 311 g/mol. The number of carbonyl (C=O) groups excluding carboxylic acids is 1. The van der Waals surface area contributed by atoms with Crippen LogP contribution in [-0.4, -0.2) is 16.2 Å². The minimum absolute atomic E-state index is 0.000961. The van der Waals surface area contributed by atoms with Crippen LogP contribution < -0.4 is 11.1 Å². The van der Waals surface area contributed by atoms with Crippen LogP contribution in [0.1, 0.15) is 29.0 Å². The number of hydrogen-bond donors (Lipinski definition) is 2. The van der Waals surface area contributed by atoms with Crippen LogP contribution in [0.25, 0.3) is 0 Å². The van der Waals surface area contributed by atoms with Gasteiger partial charge in [0.1, 0.15) is 0 Å². The fourth-order valence-electron chi connectivity index (χ4n) is 1.45. The highest BCUT2D eigenvalue weighted by Gasteiger charge is 2.18. The summed E-state index contributed by atoms with van der Waals surface area (Å²) in [7, 11) is 0. The fourth-order valence-corrected chi connectivity index (χ4v) is 1.72. The number of nitrogens with one attached hydrogen (secondary N) is 1. The van der Waals surface area contributed by atoms with E-state index in [9.17, 15) is 4.79 Å². The van der Waals surface area contributed by atoms with Crippen LogP contribution in [0, 0.1) is 0 Å². The molecule has 0 aliphatic rings. The van der Waals surface area contributed by atoms with Crippen molar-refractivity contribution >= 4 is 27.7 Å². The Hall–Kier alpha value is -1.89. The third-order valence-corrected chi connectivity index (χ3v) is 2.98. The van der Waals surface area contributed by atoms with Crippen LogP contribution in [0.15, 0.2) is 33.4 Å². The molecule has 0 radical (unpaired) electrons. The first kappa shape index (κ1) is 12.6. The van der Waals surface area contributed by atoms with Crippen molar-refractivity contribution in [3.8, 4) is 0 Å². The maximum absolute atomic E-state index is 11.8. The van der Waals surface area contributed by atoms with Crippen molar-refractivity contribution in [1.82, 2.24) is 15.6 Å². The van der Waals surface area contributed by atoms with Crippen molar-refractivity contribution in [1.29, 1.82) is 0 Å². The van der Waals surface area contributed by atoms with E-state index in [1.165, 1.54) is 0 Å². The summed E-state index contributed by atoms with van der Waals surface area (Å²) in [5.74, 6) is -0.431.